The molecule has 3 rings (SSSR count). The van der Waals surface area contributed by atoms with Gasteiger partial charge in [0, 0.05) is 18.0 Å². The molecule has 0 aliphatic heterocycles. The molecule has 1 atom stereocenters. The van der Waals surface area contributed by atoms with Crippen molar-refractivity contribution >= 4 is 17.4 Å². The number of ether oxygens (including phenoxy) is 2. The number of aromatic nitrogens is 4. The maximum Gasteiger partial charge on any atom is 0.343 e. The number of hydrogen-bond acceptors (Lipinski definition) is 7. The summed E-state index contributed by atoms with van der Waals surface area (Å²) in [5.41, 5.74) is 1.68. The summed E-state index contributed by atoms with van der Waals surface area (Å²) in [6.45, 7) is 4.03. The molecule has 0 fully saturated rings. The van der Waals surface area contributed by atoms with Crippen molar-refractivity contribution in [2.75, 3.05) is 19.0 Å². The van der Waals surface area contributed by atoms with Gasteiger partial charge in [-0.05, 0) is 26.0 Å². The summed E-state index contributed by atoms with van der Waals surface area (Å²) in [6.07, 6.45) is 4.87. The minimum absolute atomic E-state index is 0.0902. The van der Waals surface area contributed by atoms with Gasteiger partial charge in [-0.3, -0.25) is 0 Å². The third kappa shape index (κ3) is 3.37. The monoisotopic (exact) mass is 341 g/mol. The lowest BCUT2D eigenvalue weighted by Gasteiger charge is -2.17. The number of nitrogens with one attached hydrogen (secondary N) is 1. The van der Waals surface area contributed by atoms with E-state index in [9.17, 15) is 4.79 Å². The molecule has 0 aliphatic carbocycles. The van der Waals surface area contributed by atoms with E-state index >= 15 is 0 Å². The Hall–Kier alpha value is -3.16. The standard InChI is InChI=1S/C17H19N5O3/c1-4-25-17(23)13-10-19-22-9-7-14(21-15(13)22)20-11(2)12-6-5-8-18-16(12)24-3/h5-11H,4H2,1-3H3,(H,20,21). The highest BCUT2D eigenvalue weighted by molar-refractivity contribution is 5.95. The number of anilines is 1. The highest BCUT2D eigenvalue weighted by Crippen LogP contribution is 2.25. The molecule has 0 amide bonds. The van der Waals surface area contributed by atoms with Crippen LogP contribution in [0.15, 0.2) is 36.8 Å². The number of carbonyl (C=O) groups excluding carboxylic acids is 1. The molecule has 0 saturated heterocycles. The summed E-state index contributed by atoms with van der Waals surface area (Å²) in [5.74, 6) is 0.723. The van der Waals surface area contributed by atoms with Crippen molar-refractivity contribution in [1.29, 1.82) is 0 Å². The van der Waals surface area contributed by atoms with Crippen LogP contribution >= 0.6 is 0 Å². The summed E-state index contributed by atoms with van der Waals surface area (Å²) in [4.78, 5) is 20.7. The summed E-state index contributed by atoms with van der Waals surface area (Å²) in [6, 6.07) is 5.48. The van der Waals surface area contributed by atoms with E-state index in [1.54, 1.807) is 32.5 Å². The minimum atomic E-state index is -0.441. The van der Waals surface area contributed by atoms with Crippen molar-refractivity contribution < 1.29 is 14.3 Å². The van der Waals surface area contributed by atoms with Gasteiger partial charge in [0.05, 0.1) is 26.0 Å². The van der Waals surface area contributed by atoms with Crippen LogP contribution in [0.2, 0.25) is 0 Å². The van der Waals surface area contributed by atoms with Gasteiger partial charge in [0.25, 0.3) is 0 Å². The molecule has 25 heavy (non-hydrogen) atoms. The number of rotatable bonds is 6. The summed E-state index contributed by atoms with van der Waals surface area (Å²) < 4.78 is 11.9. The minimum Gasteiger partial charge on any atom is -0.481 e. The van der Waals surface area contributed by atoms with E-state index < -0.39 is 5.97 Å². The highest BCUT2D eigenvalue weighted by Gasteiger charge is 2.17. The third-order valence-electron chi connectivity index (χ3n) is 3.69. The molecule has 8 nitrogen and oxygen atoms in total. The summed E-state index contributed by atoms with van der Waals surface area (Å²) in [7, 11) is 1.58. The largest absolute Gasteiger partial charge is 0.481 e. The average Bonchev–Trinajstić information content (AvgIpc) is 3.05. The number of carbonyl (C=O) groups is 1. The van der Waals surface area contributed by atoms with Gasteiger partial charge in [-0.2, -0.15) is 5.10 Å². The van der Waals surface area contributed by atoms with E-state index in [1.165, 1.54) is 10.7 Å². The van der Waals surface area contributed by atoms with Crippen LogP contribution in [0.25, 0.3) is 5.65 Å². The zero-order chi connectivity index (χ0) is 17.8. The Kier molecular flexibility index (Phi) is 4.78. The van der Waals surface area contributed by atoms with Gasteiger partial charge in [0.1, 0.15) is 11.4 Å². The fourth-order valence-electron chi connectivity index (χ4n) is 2.51. The third-order valence-corrected chi connectivity index (χ3v) is 3.69. The molecule has 1 unspecified atom stereocenters. The van der Waals surface area contributed by atoms with Crippen LogP contribution in [0.4, 0.5) is 5.82 Å². The molecule has 0 spiro atoms. The first kappa shape index (κ1) is 16.7. The second-order valence-corrected chi connectivity index (χ2v) is 5.33. The van der Waals surface area contributed by atoms with E-state index in [0.29, 0.717) is 29.5 Å². The molecule has 0 saturated carbocycles. The first-order valence-electron chi connectivity index (χ1n) is 7.91. The smallest absolute Gasteiger partial charge is 0.343 e. The number of methoxy groups -OCH3 is 1. The van der Waals surface area contributed by atoms with Crippen LogP contribution in [-0.4, -0.2) is 39.3 Å². The second kappa shape index (κ2) is 7.16. The Labute approximate surface area is 144 Å². The zero-order valence-corrected chi connectivity index (χ0v) is 14.3. The van der Waals surface area contributed by atoms with E-state index in [1.807, 2.05) is 19.1 Å². The Morgan fingerprint density at radius 1 is 1.40 bits per heavy atom. The Bertz CT molecular complexity index is 893. The SMILES string of the molecule is CCOC(=O)c1cnn2ccc(NC(C)c3cccnc3OC)nc12. The predicted octanol–water partition coefficient (Wildman–Crippen LogP) is 2.48. The molecule has 0 aliphatic rings. The molecular formula is C17H19N5O3. The van der Waals surface area contributed by atoms with Crippen molar-refractivity contribution in [3.8, 4) is 5.88 Å². The number of fused-ring (bicyclic) bond motifs is 1. The van der Waals surface area contributed by atoms with E-state index in [4.69, 9.17) is 9.47 Å². The number of hydrogen-bond donors (Lipinski definition) is 1. The molecular weight excluding hydrogens is 322 g/mol. The van der Waals surface area contributed by atoms with E-state index in [2.05, 4.69) is 20.4 Å². The van der Waals surface area contributed by atoms with Crippen molar-refractivity contribution in [1.82, 2.24) is 19.6 Å². The molecule has 3 heterocycles. The van der Waals surface area contributed by atoms with Crippen LogP contribution in [-0.2, 0) is 4.74 Å². The van der Waals surface area contributed by atoms with Crippen LogP contribution < -0.4 is 10.1 Å². The molecule has 130 valence electrons. The normalized spacial score (nSPS) is 12.0. The number of esters is 1. The van der Waals surface area contributed by atoms with Gasteiger partial charge in [-0.15, -0.1) is 0 Å². The molecule has 3 aromatic rings. The van der Waals surface area contributed by atoms with E-state index in [0.717, 1.165) is 5.56 Å². The predicted molar refractivity (Wildman–Crippen MR) is 91.8 cm³/mol. The molecule has 3 aromatic heterocycles. The van der Waals surface area contributed by atoms with Gasteiger partial charge >= 0.3 is 5.97 Å². The number of pyridine rings is 1. The average molecular weight is 341 g/mol. The molecule has 1 N–H and O–H groups in total. The first-order chi connectivity index (χ1) is 12.1. The fraction of sp³-hybridized carbons (Fsp3) is 0.294. The van der Waals surface area contributed by atoms with Crippen molar-refractivity contribution in [2.24, 2.45) is 0 Å². The lowest BCUT2D eigenvalue weighted by Crippen LogP contribution is -2.11. The fourth-order valence-corrected chi connectivity index (χ4v) is 2.51. The highest BCUT2D eigenvalue weighted by atomic mass is 16.5. The summed E-state index contributed by atoms with van der Waals surface area (Å²) >= 11 is 0. The molecule has 8 heteroatoms. The lowest BCUT2D eigenvalue weighted by atomic mass is 10.1. The molecule has 0 radical (unpaired) electrons. The van der Waals surface area contributed by atoms with Gasteiger partial charge < -0.3 is 14.8 Å². The first-order valence-corrected chi connectivity index (χ1v) is 7.91. The van der Waals surface area contributed by atoms with Gasteiger partial charge in [-0.1, -0.05) is 6.07 Å². The van der Waals surface area contributed by atoms with Gasteiger partial charge in [0.2, 0.25) is 5.88 Å². The zero-order valence-electron chi connectivity index (χ0n) is 14.3. The quantitative estimate of drug-likeness (QED) is 0.689. The molecule has 0 bridgehead atoms. The lowest BCUT2D eigenvalue weighted by molar-refractivity contribution is 0.0528. The second-order valence-electron chi connectivity index (χ2n) is 5.33. The van der Waals surface area contributed by atoms with Crippen molar-refractivity contribution in [3.63, 3.8) is 0 Å². The Morgan fingerprint density at radius 2 is 2.24 bits per heavy atom. The topological polar surface area (TPSA) is 90.6 Å². The van der Waals surface area contributed by atoms with Crippen LogP contribution in [0.1, 0.15) is 35.8 Å². The van der Waals surface area contributed by atoms with Crippen molar-refractivity contribution in [3.05, 3.63) is 47.9 Å². The van der Waals surface area contributed by atoms with Gasteiger partial charge in [0.15, 0.2) is 5.65 Å². The van der Waals surface area contributed by atoms with E-state index in [-0.39, 0.29) is 6.04 Å². The van der Waals surface area contributed by atoms with Gasteiger partial charge in [-0.25, -0.2) is 19.3 Å². The summed E-state index contributed by atoms with van der Waals surface area (Å²) in [5, 5.41) is 7.41. The maximum atomic E-state index is 12.0. The number of nitrogens with zero attached hydrogens (tertiary/aromatic N) is 4. The van der Waals surface area contributed by atoms with Crippen LogP contribution in [0.3, 0.4) is 0 Å². The Balaban J connectivity index is 1.89. The molecule has 0 aromatic carbocycles. The Morgan fingerprint density at radius 3 is 3.00 bits per heavy atom. The van der Waals surface area contributed by atoms with Crippen LogP contribution in [0, 0.1) is 0 Å². The van der Waals surface area contributed by atoms with Crippen LogP contribution in [0.5, 0.6) is 5.88 Å². The van der Waals surface area contributed by atoms with Crippen molar-refractivity contribution in [2.45, 2.75) is 19.9 Å². The maximum absolute atomic E-state index is 12.0.